The van der Waals surface area contributed by atoms with Crippen LogP contribution < -0.4 is 10.1 Å². The van der Waals surface area contributed by atoms with Gasteiger partial charge in [-0.05, 0) is 43.7 Å². The third-order valence-electron chi connectivity index (χ3n) is 5.07. The maximum Gasteiger partial charge on any atom is 0.269 e. The molecule has 0 bridgehead atoms. The number of fused-ring (bicyclic) bond motifs is 1. The molecule has 1 aromatic heterocycles. The molecule has 5 heteroatoms. The van der Waals surface area contributed by atoms with Crippen LogP contribution in [0, 0.1) is 6.92 Å². The molecule has 0 radical (unpaired) electrons. The molecule has 0 saturated heterocycles. The Balaban J connectivity index is 1.71. The predicted octanol–water partition coefficient (Wildman–Crippen LogP) is 6.13. The first kappa shape index (κ1) is 20.1. The second kappa shape index (κ2) is 8.67. The number of nitrogens with one attached hydrogen (secondary N) is 2. The lowest BCUT2D eigenvalue weighted by molar-refractivity contribution is 0.0932. The van der Waals surface area contributed by atoms with E-state index in [0.29, 0.717) is 5.69 Å². The minimum Gasteiger partial charge on any atom is -0.497 e. The average molecular weight is 417 g/mol. The van der Waals surface area contributed by atoms with E-state index in [1.165, 1.54) is 5.56 Å². The van der Waals surface area contributed by atoms with Gasteiger partial charge in [-0.3, -0.25) is 4.79 Å². The standard InChI is InChI=1S/C25H24N2O2S/c1-16-9-12-20(13-10-16)30-24-21-14-11-19(29-3)15-22(21)27-23(24)25(28)26-17(2)18-7-5-4-6-8-18/h4-15,17,27H,1-3H3,(H,26,28)/t17-/m1/s1. The number of rotatable bonds is 6. The zero-order valence-electron chi connectivity index (χ0n) is 17.2. The van der Waals surface area contributed by atoms with Crippen LogP contribution in [0.25, 0.3) is 10.9 Å². The lowest BCUT2D eigenvalue weighted by Crippen LogP contribution is -2.27. The molecule has 4 nitrogen and oxygen atoms in total. The van der Waals surface area contributed by atoms with Crippen LogP contribution in [-0.4, -0.2) is 18.0 Å². The summed E-state index contributed by atoms with van der Waals surface area (Å²) < 4.78 is 5.36. The summed E-state index contributed by atoms with van der Waals surface area (Å²) in [7, 11) is 1.64. The number of aromatic amines is 1. The maximum atomic E-state index is 13.2. The lowest BCUT2D eigenvalue weighted by Gasteiger charge is -2.14. The van der Waals surface area contributed by atoms with Gasteiger partial charge in [0.05, 0.1) is 23.6 Å². The van der Waals surface area contributed by atoms with Gasteiger partial charge in [-0.25, -0.2) is 0 Å². The number of benzene rings is 3. The smallest absolute Gasteiger partial charge is 0.269 e. The summed E-state index contributed by atoms with van der Waals surface area (Å²) in [5, 5.41) is 4.12. The van der Waals surface area contributed by atoms with Gasteiger partial charge >= 0.3 is 0 Å². The monoisotopic (exact) mass is 416 g/mol. The second-order valence-corrected chi connectivity index (χ2v) is 8.35. The van der Waals surface area contributed by atoms with Crippen molar-refractivity contribution < 1.29 is 9.53 Å². The van der Waals surface area contributed by atoms with E-state index in [9.17, 15) is 4.79 Å². The van der Waals surface area contributed by atoms with Crippen LogP contribution in [0.5, 0.6) is 5.75 Å². The van der Waals surface area contributed by atoms with Crippen molar-refractivity contribution in [1.82, 2.24) is 10.3 Å². The molecule has 1 heterocycles. The van der Waals surface area contributed by atoms with Crippen molar-refractivity contribution in [2.75, 3.05) is 7.11 Å². The first-order chi connectivity index (χ1) is 14.5. The normalized spacial score (nSPS) is 12.0. The van der Waals surface area contributed by atoms with E-state index in [1.54, 1.807) is 18.9 Å². The van der Waals surface area contributed by atoms with Gasteiger partial charge in [0.15, 0.2) is 0 Å². The van der Waals surface area contributed by atoms with Crippen molar-refractivity contribution in [3.63, 3.8) is 0 Å². The molecule has 0 spiro atoms. The molecule has 0 aliphatic heterocycles. The van der Waals surface area contributed by atoms with Crippen LogP contribution in [0.1, 0.15) is 34.6 Å². The van der Waals surface area contributed by atoms with Gasteiger partial charge in [-0.15, -0.1) is 0 Å². The number of methoxy groups -OCH3 is 1. The molecule has 2 N–H and O–H groups in total. The molecule has 30 heavy (non-hydrogen) atoms. The molecule has 0 aliphatic carbocycles. The van der Waals surface area contributed by atoms with E-state index < -0.39 is 0 Å². The fraction of sp³-hybridized carbons (Fsp3) is 0.160. The number of carbonyl (C=O) groups excluding carboxylic acids is 1. The van der Waals surface area contributed by atoms with Crippen LogP contribution in [0.3, 0.4) is 0 Å². The molecule has 0 unspecified atom stereocenters. The predicted molar refractivity (Wildman–Crippen MR) is 122 cm³/mol. The van der Waals surface area contributed by atoms with Crippen LogP contribution in [0.4, 0.5) is 0 Å². The van der Waals surface area contributed by atoms with Crippen molar-refractivity contribution >= 4 is 28.6 Å². The third kappa shape index (κ3) is 4.21. The maximum absolute atomic E-state index is 13.2. The van der Waals surface area contributed by atoms with Crippen molar-refractivity contribution in [2.45, 2.75) is 29.7 Å². The van der Waals surface area contributed by atoms with Crippen LogP contribution in [0.2, 0.25) is 0 Å². The number of carbonyl (C=O) groups is 1. The molecule has 1 amide bonds. The van der Waals surface area contributed by atoms with Crippen molar-refractivity contribution in [3.8, 4) is 5.75 Å². The number of H-pyrrole nitrogens is 1. The molecular weight excluding hydrogens is 392 g/mol. The van der Waals surface area contributed by atoms with E-state index in [2.05, 4.69) is 41.5 Å². The minimum atomic E-state index is -0.129. The Kier molecular flexibility index (Phi) is 5.81. The third-order valence-corrected chi connectivity index (χ3v) is 6.21. The van der Waals surface area contributed by atoms with Crippen LogP contribution in [0.15, 0.2) is 82.6 Å². The number of amides is 1. The first-order valence-electron chi connectivity index (χ1n) is 9.85. The van der Waals surface area contributed by atoms with E-state index >= 15 is 0 Å². The van der Waals surface area contributed by atoms with Crippen molar-refractivity contribution in [3.05, 3.63) is 89.6 Å². The number of hydrogen-bond acceptors (Lipinski definition) is 3. The fourth-order valence-electron chi connectivity index (χ4n) is 3.36. The molecule has 152 valence electrons. The molecule has 1 atom stereocenters. The van der Waals surface area contributed by atoms with Crippen molar-refractivity contribution in [1.29, 1.82) is 0 Å². The topological polar surface area (TPSA) is 54.1 Å². The molecular formula is C25H24N2O2S. The highest BCUT2D eigenvalue weighted by atomic mass is 32.2. The van der Waals surface area contributed by atoms with E-state index in [4.69, 9.17) is 4.74 Å². The van der Waals surface area contributed by atoms with E-state index in [-0.39, 0.29) is 11.9 Å². The summed E-state index contributed by atoms with van der Waals surface area (Å²) in [6.07, 6.45) is 0. The second-order valence-electron chi connectivity index (χ2n) is 7.26. The first-order valence-corrected chi connectivity index (χ1v) is 10.7. The Bertz CT molecular complexity index is 1170. The Hall–Kier alpha value is -3.18. The molecule has 0 saturated carbocycles. The van der Waals surface area contributed by atoms with Gasteiger partial charge in [-0.2, -0.15) is 0 Å². The highest BCUT2D eigenvalue weighted by Gasteiger charge is 2.21. The summed E-state index contributed by atoms with van der Waals surface area (Å²) in [6.45, 7) is 4.06. The zero-order chi connectivity index (χ0) is 21.1. The molecule has 4 rings (SSSR count). The van der Waals surface area contributed by atoms with Crippen LogP contribution in [-0.2, 0) is 0 Å². The summed E-state index contributed by atoms with van der Waals surface area (Å²) >= 11 is 1.59. The van der Waals surface area contributed by atoms with Gasteiger partial charge < -0.3 is 15.0 Å². The number of aromatic nitrogens is 1. The highest BCUT2D eigenvalue weighted by molar-refractivity contribution is 7.99. The highest BCUT2D eigenvalue weighted by Crippen LogP contribution is 2.38. The Morgan fingerprint density at radius 3 is 2.47 bits per heavy atom. The van der Waals surface area contributed by atoms with Gasteiger partial charge in [0, 0.05) is 16.3 Å². The Morgan fingerprint density at radius 1 is 1.03 bits per heavy atom. The number of hydrogen-bond donors (Lipinski definition) is 2. The van der Waals surface area contributed by atoms with Crippen molar-refractivity contribution in [2.24, 2.45) is 0 Å². The van der Waals surface area contributed by atoms with E-state index in [0.717, 1.165) is 32.0 Å². The van der Waals surface area contributed by atoms with E-state index in [1.807, 2.05) is 55.5 Å². The summed E-state index contributed by atoms with van der Waals surface area (Å²) in [5.41, 5.74) is 3.71. The number of aryl methyl sites for hydroxylation is 1. The summed E-state index contributed by atoms with van der Waals surface area (Å²) in [5.74, 6) is 0.622. The lowest BCUT2D eigenvalue weighted by atomic mass is 10.1. The van der Waals surface area contributed by atoms with Gasteiger partial charge in [-0.1, -0.05) is 59.8 Å². The average Bonchev–Trinajstić information content (AvgIpc) is 3.13. The Morgan fingerprint density at radius 2 is 1.77 bits per heavy atom. The zero-order valence-corrected chi connectivity index (χ0v) is 18.0. The Labute approximate surface area is 180 Å². The number of ether oxygens (including phenoxy) is 1. The molecule has 4 aromatic rings. The largest absolute Gasteiger partial charge is 0.497 e. The SMILES string of the molecule is COc1ccc2c(Sc3ccc(C)cc3)c(C(=O)N[C@H](C)c3ccccc3)[nH]c2c1. The van der Waals surface area contributed by atoms with Crippen LogP contribution >= 0.6 is 11.8 Å². The fourth-order valence-corrected chi connectivity index (χ4v) is 4.40. The molecule has 0 fully saturated rings. The quantitative estimate of drug-likeness (QED) is 0.398. The summed E-state index contributed by atoms with van der Waals surface area (Å²) in [6, 6.07) is 24.0. The van der Waals surface area contributed by atoms with Gasteiger partial charge in [0.2, 0.25) is 0 Å². The molecule has 0 aliphatic rings. The van der Waals surface area contributed by atoms with Gasteiger partial charge in [0.1, 0.15) is 11.4 Å². The van der Waals surface area contributed by atoms with Gasteiger partial charge in [0.25, 0.3) is 5.91 Å². The minimum absolute atomic E-state index is 0.100. The summed E-state index contributed by atoms with van der Waals surface area (Å²) in [4.78, 5) is 18.5. The molecule has 3 aromatic carbocycles.